The molecule has 0 aromatic heterocycles. The van der Waals surface area contributed by atoms with Crippen LogP contribution in [-0.2, 0) is 9.59 Å². The van der Waals surface area contributed by atoms with Gasteiger partial charge in [0.1, 0.15) is 0 Å². The van der Waals surface area contributed by atoms with E-state index in [0.717, 1.165) is 0 Å². The molecule has 6 heteroatoms. The van der Waals surface area contributed by atoms with E-state index in [1.807, 2.05) is 5.32 Å². The van der Waals surface area contributed by atoms with Crippen LogP contribution >= 0.6 is 0 Å². The number of imide groups is 1. The minimum absolute atomic E-state index is 0.105. The molecule has 2 aliphatic rings. The molecule has 2 aliphatic heterocycles. The number of amides is 2. The number of hydrogen-bond acceptors (Lipinski definition) is 3. The maximum atomic E-state index is 12.8. The van der Waals surface area contributed by atoms with Crippen LogP contribution in [-0.4, -0.2) is 41.8 Å². The number of rotatable bonds is 0. The number of alkyl halides is 2. The van der Waals surface area contributed by atoms with Crippen LogP contribution in [0.1, 0.15) is 6.42 Å². The van der Waals surface area contributed by atoms with E-state index in [0.29, 0.717) is 0 Å². The topological polar surface area (TPSA) is 49.4 Å². The van der Waals surface area contributed by atoms with Crippen LogP contribution in [0.25, 0.3) is 0 Å². The van der Waals surface area contributed by atoms with Gasteiger partial charge in [-0.2, -0.15) is 0 Å². The van der Waals surface area contributed by atoms with Crippen molar-refractivity contribution in [1.82, 2.24) is 10.2 Å². The quantitative estimate of drug-likeness (QED) is 0.516. The monoisotopic (exact) mass is 190 g/mol. The van der Waals surface area contributed by atoms with Crippen molar-refractivity contribution in [1.29, 1.82) is 0 Å². The smallest absolute Gasteiger partial charge is 0.262 e. The summed E-state index contributed by atoms with van der Waals surface area (Å²) in [6, 6.07) is -0.826. The van der Waals surface area contributed by atoms with Gasteiger partial charge in [-0.3, -0.25) is 19.8 Å². The Morgan fingerprint density at radius 1 is 1.46 bits per heavy atom. The summed E-state index contributed by atoms with van der Waals surface area (Å²) in [5, 5.41) is 2.04. The zero-order valence-electron chi connectivity index (χ0n) is 6.72. The second-order valence-corrected chi connectivity index (χ2v) is 3.39. The fourth-order valence-electron chi connectivity index (χ4n) is 1.75. The average Bonchev–Trinajstić information content (AvgIpc) is 2.23. The number of carbonyl (C=O) groups excluding carboxylic acids is 2. The van der Waals surface area contributed by atoms with Crippen LogP contribution in [0.2, 0.25) is 0 Å². The molecule has 1 N–H and O–H groups in total. The lowest BCUT2D eigenvalue weighted by molar-refractivity contribution is -0.138. The molecule has 0 spiro atoms. The van der Waals surface area contributed by atoms with Crippen LogP contribution in [0, 0.1) is 0 Å². The van der Waals surface area contributed by atoms with E-state index in [1.165, 1.54) is 4.90 Å². The Balaban J connectivity index is 2.19. The molecule has 72 valence electrons. The maximum Gasteiger partial charge on any atom is 0.262 e. The summed E-state index contributed by atoms with van der Waals surface area (Å²) >= 11 is 0. The van der Waals surface area contributed by atoms with Crippen molar-refractivity contribution in [2.75, 3.05) is 13.1 Å². The summed E-state index contributed by atoms with van der Waals surface area (Å²) in [7, 11) is 0. The van der Waals surface area contributed by atoms with E-state index in [2.05, 4.69) is 0 Å². The van der Waals surface area contributed by atoms with E-state index in [-0.39, 0.29) is 6.54 Å². The lowest BCUT2D eigenvalue weighted by atomic mass is 10.1. The molecular formula is C7H8F2N2O2. The fraction of sp³-hybridized carbons (Fsp3) is 0.714. The molecule has 2 heterocycles. The zero-order chi connectivity index (χ0) is 9.64. The molecule has 2 rings (SSSR count). The van der Waals surface area contributed by atoms with Crippen molar-refractivity contribution in [3.8, 4) is 0 Å². The van der Waals surface area contributed by atoms with Crippen molar-refractivity contribution >= 4 is 11.8 Å². The summed E-state index contributed by atoms with van der Waals surface area (Å²) in [6.07, 6.45) is -0.480. The first kappa shape index (κ1) is 8.55. The molecule has 0 aromatic carbocycles. The summed E-state index contributed by atoms with van der Waals surface area (Å²) < 4.78 is 25.6. The molecule has 0 unspecified atom stereocenters. The highest BCUT2D eigenvalue weighted by Crippen LogP contribution is 2.32. The van der Waals surface area contributed by atoms with Gasteiger partial charge < -0.3 is 0 Å². The molecule has 2 fully saturated rings. The number of hydrogen-bond donors (Lipinski definition) is 1. The van der Waals surface area contributed by atoms with Gasteiger partial charge in [-0.1, -0.05) is 0 Å². The first-order valence-electron chi connectivity index (χ1n) is 3.93. The van der Waals surface area contributed by atoms with Gasteiger partial charge >= 0.3 is 0 Å². The Labute approximate surface area is 72.9 Å². The Morgan fingerprint density at radius 3 is 2.85 bits per heavy atom. The third-order valence-corrected chi connectivity index (χ3v) is 2.28. The van der Waals surface area contributed by atoms with Gasteiger partial charge in [-0.25, -0.2) is 8.78 Å². The van der Waals surface area contributed by atoms with Crippen molar-refractivity contribution in [2.24, 2.45) is 0 Å². The third kappa shape index (κ3) is 1.41. The number of carbonyl (C=O) groups is 2. The molecule has 0 aromatic rings. The van der Waals surface area contributed by atoms with Crippen LogP contribution in [0.15, 0.2) is 0 Å². The second kappa shape index (κ2) is 2.47. The summed E-state index contributed by atoms with van der Waals surface area (Å²) in [5.41, 5.74) is 0. The number of halogens is 2. The predicted molar refractivity (Wildman–Crippen MR) is 38.1 cm³/mol. The molecule has 0 saturated carbocycles. The van der Waals surface area contributed by atoms with E-state index >= 15 is 0 Å². The molecule has 0 aliphatic carbocycles. The highest BCUT2D eigenvalue weighted by Gasteiger charge is 2.50. The van der Waals surface area contributed by atoms with Gasteiger partial charge in [0, 0.05) is 6.42 Å². The van der Waals surface area contributed by atoms with Crippen LogP contribution in [0.5, 0.6) is 0 Å². The second-order valence-electron chi connectivity index (χ2n) is 3.39. The summed E-state index contributed by atoms with van der Waals surface area (Å²) in [6.45, 7) is -0.594. The Morgan fingerprint density at radius 2 is 2.15 bits per heavy atom. The summed E-state index contributed by atoms with van der Waals surface area (Å²) in [5.74, 6) is -3.94. The van der Waals surface area contributed by atoms with Crippen molar-refractivity contribution in [3.63, 3.8) is 0 Å². The highest BCUT2D eigenvalue weighted by atomic mass is 19.3. The van der Waals surface area contributed by atoms with E-state index in [4.69, 9.17) is 0 Å². The molecule has 13 heavy (non-hydrogen) atoms. The number of fused-ring (bicyclic) bond motifs is 1. The van der Waals surface area contributed by atoms with Gasteiger partial charge in [0.05, 0.1) is 19.1 Å². The van der Waals surface area contributed by atoms with Gasteiger partial charge in [0.15, 0.2) is 0 Å². The first-order chi connectivity index (χ1) is 5.98. The zero-order valence-corrected chi connectivity index (χ0v) is 6.72. The maximum absolute atomic E-state index is 12.8. The fourth-order valence-corrected chi connectivity index (χ4v) is 1.75. The van der Waals surface area contributed by atoms with E-state index < -0.39 is 36.7 Å². The number of nitrogens with zero attached hydrogens (tertiary/aromatic N) is 1. The minimum atomic E-state index is -2.84. The van der Waals surface area contributed by atoms with Gasteiger partial charge in [0.25, 0.3) is 5.92 Å². The molecule has 2 saturated heterocycles. The van der Waals surface area contributed by atoms with Crippen LogP contribution in [0.3, 0.4) is 0 Å². The lowest BCUT2D eigenvalue weighted by Crippen LogP contribution is -2.55. The normalized spacial score (nSPS) is 32.9. The largest absolute Gasteiger partial charge is 0.294 e. The molecule has 4 nitrogen and oxygen atoms in total. The van der Waals surface area contributed by atoms with Crippen LogP contribution < -0.4 is 5.32 Å². The van der Waals surface area contributed by atoms with Crippen molar-refractivity contribution in [2.45, 2.75) is 18.4 Å². The Kier molecular flexibility index (Phi) is 1.63. The van der Waals surface area contributed by atoms with Crippen molar-refractivity contribution in [3.05, 3.63) is 0 Å². The summed E-state index contributed by atoms with van der Waals surface area (Å²) in [4.78, 5) is 23.1. The van der Waals surface area contributed by atoms with E-state index in [9.17, 15) is 18.4 Å². The van der Waals surface area contributed by atoms with Gasteiger partial charge in [-0.05, 0) is 0 Å². The molecule has 0 radical (unpaired) electrons. The predicted octanol–water partition coefficient (Wildman–Crippen LogP) is -0.648. The minimum Gasteiger partial charge on any atom is -0.294 e. The van der Waals surface area contributed by atoms with Crippen LogP contribution in [0.4, 0.5) is 8.78 Å². The average molecular weight is 190 g/mol. The number of nitrogens with one attached hydrogen (secondary N) is 1. The van der Waals surface area contributed by atoms with Gasteiger partial charge in [0.2, 0.25) is 11.8 Å². The van der Waals surface area contributed by atoms with Gasteiger partial charge in [-0.15, -0.1) is 0 Å². The Hall–Kier alpha value is -1.04. The lowest BCUT2D eigenvalue weighted by Gasteiger charge is -2.26. The molecule has 2 amide bonds. The van der Waals surface area contributed by atoms with E-state index in [1.54, 1.807) is 0 Å². The molecule has 0 bridgehead atoms. The Bertz CT molecular complexity index is 280. The third-order valence-electron chi connectivity index (χ3n) is 2.28. The SMILES string of the molecule is O=C1CN2CC(F)(F)C[C@@H]2C(=O)N1. The number of piperazine rings is 1. The van der Waals surface area contributed by atoms with Crippen molar-refractivity contribution < 1.29 is 18.4 Å². The standard InChI is InChI=1S/C7H8F2N2O2/c8-7(9)1-4-6(13)10-5(12)2-11(4)3-7/h4H,1-3H2,(H,10,12,13)/t4-/m1/s1. The molecular weight excluding hydrogens is 182 g/mol. The first-order valence-corrected chi connectivity index (χ1v) is 3.93. The highest BCUT2D eigenvalue weighted by molar-refractivity contribution is 6.01. The molecule has 1 atom stereocenters.